The minimum absolute atomic E-state index is 0.240. The summed E-state index contributed by atoms with van der Waals surface area (Å²) in [4.78, 5) is -0.445. The Kier molecular flexibility index (Phi) is 5.75. The molecule has 0 radical (unpaired) electrons. The van der Waals surface area contributed by atoms with Gasteiger partial charge >= 0.3 is 0 Å². The number of ether oxygens (including phenoxy) is 1. The first-order valence-corrected chi connectivity index (χ1v) is 9.35. The molecule has 20 heavy (non-hydrogen) atoms. The molecule has 0 saturated carbocycles. The maximum Gasteiger partial charge on any atom is 0.261 e. The van der Waals surface area contributed by atoms with Crippen molar-refractivity contribution in [3.8, 4) is 0 Å². The molecule has 10 heteroatoms. The van der Waals surface area contributed by atoms with E-state index in [9.17, 15) is 21.2 Å². The molecule has 0 aliphatic carbocycles. The predicted octanol–water partition coefficient (Wildman–Crippen LogP) is 1.53. The van der Waals surface area contributed by atoms with Crippen molar-refractivity contribution < 1.29 is 26.0 Å². The van der Waals surface area contributed by atoms with Crippen LogP contribution in [0.15, 0.2) is 23.1 Å². The lowest BCUT2D eigenvalue weighted by Crippen LogP contribution is -2.18. The van der Waals surface area contributed by atoms with Gasteiger partial charge in [0.2, 0.25) is 10.0 Å². The molecule has 0 amide bonds. The fourth-order valence-corrected chi connectivity index (χ4v) is 3.21. The molecule has 1 rings (SSSR count). The van der Waals surface area contributed by atoms with Gasteiger partial charge in [-0.3, -0.25) is 4.72 Å². The number of benzene rings is 1. The molecule has 1 aromatic carbocycles. The molecule has 0 aliphatic rings. The van der Waals surface area contributed by atoms with E-state index in [2.05, 4.69) is 0 Å². The molecule has 0 atom stereocenters. The Balaban J connectivity index is 2.89. The number of sulfonamides is 1. The highest BCUT2D eigenvalue weighted by atomic mass is 35.7. The number of hydrogen-bond donors (Lipinski definition) is 1. The Morgan fingerprint density at radius 2 is 1.95 bits per heavy atom. The first kappa shape index (κ1) is 17.2. The average Bonchev–Trinajstić information content (AvgIpc) is 2.30. The Morgan fingerprint density at radius 3 is 2.45 bits per heavy atom. The lowest BCUT2D eigenvalue weighted by Gasteiger charge is -2.09. The van der Waals surface area contributed by atoms with Crippen LogP contribution in [0.2, 0.25) is 0 Å². The molecule has 0 heterocycles. The molecular weight excluding hydrogens is 333 g/mol. The summed E-state index contributed by atoms with van der Waals surface area (Å²) in [7, 11) is -1.31. The highest BCUT2D eigenvalue weighted by molar-refractivity contribution is 8.13. The van der Waals surface area contributed by atoms with E-state index in [1.165, 1.54) is 7.11 Å². The number of anilines is 1. The molecule has 0 unspecified atom stereocenters. The van der Waals surface area contributed by atoms with E-state index in [0.717, 1.165) is 12.1 Å². The number of methoxy groups -OCH3 is 1. The minimum atomic E-state index is -4.06. The van der Waals surface area contributed by atoms with E-state index in [0.29, 0.717) is 6.07 Å². The predicted molar refractivity (Wildman–Crippen MR) is 73.3 cm³/mol. The van der Waals surface area contributed by atoms with Crippen molar-refractivity contribution in [1.29, 1.82) is 0 Å². The number of halogens is 2. The summed E-state index contributed by atoms with van der Waals surface area (Å²) in [5, 5.41) is 0. The van der Waals surface area contributed by atoms with Crippen LogP contribution in [0.4, 0.5) is 10.1 Å². The highest BCUT2D eigenvalue weighted by Crippen LogP contribution is 2.22. The zero-order valence-corrected chi connectivity index (χ0v) is 12.9. The third kappa shape index (κ3) is 5.23. The fraction of sp³-hybridized carbons (Fsp3) is 0.400. The third-order valence-electron chi connectivity index (χ3n) is 2.25. The summed E-state index contributed by atoms with van der Waals surface area (Å²) in [5.74, 6) is -1.27. The average molecular weight is 346 g/mol. The van der Waals surface area contributed by atoms with Gasteiger partial charge < -0.3 is 4.74 Å². The fourth-order valence-electron chi connectivity index (χ4n) is 1.34. The summed E-state index contributed by atoms with van der Waals surface area (Å²) in [6.45, 7) is 0.257. The normalized spacial score (nSPS) is 12.3. The van der Waals surface area contributed by atoms with Crippen LogP contribution in [0.3, 0.4) is 0 Å². The summed E-state index contributed by atoms with van der Waals surface area (Å²) in [6.07, 6.45) is 0.252. The van der Waals surface area contributed by atoms with Crippen molar-refractivity contribution in [2.75, 3.05) is 24.2 Å². The van der Waals surface area contributed by atoms with Crippen LogP contribution in [-0.2, 0) is 23.8 Å². The largest absolute Gasteiger partial charge is 0.385 e. The molecule has 0 aliphatic heterocycles. The van der Waals surface area contributed by atoms with Crippen molar-refractivity contribution in [1.82, 2.24) is 0 Å². The van der Waals surface area contributed by atoms with E-state index < -0.39 is 29.8 Å². The van der Waals surface area contributed by atoms with Crippen LogP contribution in [0.25, 0.3) is 0 Å². The van der Waals surface area contributed by atoms with Crippen molar-refractivity contribution >= 4 is 35.4 Å². The molecule has 6 nitrogen and oxygen atoms in total. The molecule has 0 bridgehead atoms. The number of rotatable bonds is 7. The van der Waals surface area contributed by atoms with Crippen LogP contribution in [-0.4, -0.2) is 36.3 Å². The topological polar surface area (TPSA) is 89.5 Å². The first-order valence-electron chi connectivity index (χ1n) is 5.39. The summed E-state index contributed by atoms with van der Waals surface area (Å²) in [6, 6.07) is 2.66. The highest BCUT2D eigenvalue weighted by Gasteiger charge is 2.16. The lowest BCUT2D eigenvalue weighted by atomic mass is 10.3. The Bertz CT molecular complexity index is 675. The quantitative estimate of drug-likeness (QED) is 0.598. The van der Waals surface area contributed by atoms with Crippen molar-refractivity contribution in [3.63, 3.8) is 0 Å². The van der Waals surface area contributed by atoms with Gasteiger partial charge in [-0.15, -0.1) is 0 Å². The number of hydrogen-bond acceptors (Lipinski definition) is 5. The standard InChI is InChI=1S/C10H13ClFNO5S2/c1-18-5-2-6-19(14,15)13-10-4-3-8(7-9(10)12)20(11,16)17/h3-4,7,13H,2,5-6H2,1H3. The van der Waals surface area contributed by atoms with Crippen molar-refractivity contribution in [2.45, 2.75) is 11.3 Å². The summed E-state index contributed by atoms with van der Waals surface area (Å²) >= 11 is 0. The van der Waals surface area contributed by atoms with Crippen LogP contribution in [0.5, 0.6) is 0 Å². The van der Waals surface area contributed by atoms with E-state index in [-0.39, 0.29) is 24.5 Å². The van der Waals surface area contributed by atoms with Gasteiger partial charge in [-0.1, -0.05) is 0 Å². The Labute approximate surface area is 121 Å². The van der Waals surface area contributed by atoms with Crippen LogP contribution < -0.4 is 4.72 Å². The molecule has 0 aromatic heterocycles. The number of nitrogens with one attached hydrogen (secondary N) is 1. The van der Waals surface area contributed by atoms with Gasteiger partial charge in [0, 0.05) is 24.4 Å². The molecule has 0 saturated heterocycles. The molecular formula is C10H13ClFNO5S2. The van der Waals surface area contributed by atoms with Gasteiger partial charge in [-0.05, 0) is 24.6 Å². The van der Waals surface area contributed by atoms with Gasteiger partial charge in [0.15, 0.2) is 0 Å². The molecule has 114 valence electrons. The second kappa shape index (κ2) is 6.70. The molecule has 1 N–H and O–H groups in total. The van der Waals surface area contributed by atoms with Gasteiger partial charge in [0.25, 0.3) is 9.05 Å². The van der Waals surface area contributed by atoms with Crippen LogP contribution in [0, 0.1) is 5.82 Å². The summed E-state index contributed by atoms with van der Waals surface area (Å²) < 4.78 is 65.6. The summed E-state index contributed by atoms with van der Waals surface area (Å²) in [5.41, 5.74) is -0.341. The van der Waals surface area contributed by atoms with E-state index in [1.807, 2.05) is 4.72 Å². The van der Waals surface area contributed by atoms with Crippen LogP contribution in [0.1, 0.15) is 6.42 Å². The van der Waals surface area contributed by atoms with Crippen molar-refractivity contribution in [3.05, 3.63) is 24.0 Å². The maximum absolute atomic E-state index is 13.6. The minimum Gasteiger partial charge on any atom is -0.385 e. The van der Waals surface area contributed by atoms with Gasteiger partial charge in [-0.25, -0.2) is 21.2 Å². The smallest absolute Gasteiger partial charge is 0.261 e. The maximum atomic E-state index is 13.6. The van der Waals surface area contributed by atoms with E-state index >= 15 is 0 Å². The van der Waals surface area contributed by atoms with E-state index in [4.69, 9.17) is 15.4 Å². The second-order valence-corrected chi connectivity index (χ2v) is 8.25. The molecule has 1 aromatic rings. The van der Waals surface area contributed by atoms with E-state index in [1.54, 1.807) is 0 Å². The Morgan fingerprint density at radius 1 is 1.30 bits per heavy atom. The zero-order valence-electron chi connectivity index (χ0n) is 10.5. The third-order valence-corrected chi connectivity index (χ3v) is 4.96. The zero-order chi connectivity index (χ0) is 15.4. The van der Waals surface area contributed by atoms with Gasteiger partial charge in [0.05, 0.1) is 16.3 Å². The molecule has 0 fully saturated rings. The van der Waals surface area contributed by atoms with Crippen LogP contribution >= 0.6 is 10.7 Å². The lowest BCUT2D eigenvalue weighted by molar-refractivity contribution is 0.199. The van der Waals surface area contributed by atoms with Gasteiger partial charge in [0.1, 0.15) is 5.82 Å². The SMILES string of the molecule is COCCCS(=O)(=O)Nc1ccc(S(=O)(=O)Cl)cc1F. The Hall–Kier alpha value is -0.900. The second-order valence-electron chi connectivity index (χ2n) is 3.85. The first-order chi connectivity index (χ1) is 9.15. The van der Waals surface area contributed by atoms with Crippen molar-refractivity contribution in [2.24, 2.45) is 0 Å². The monoisotopic (exact) mass is 345 g/mol. The van der Waals surface area contributed by atoms with Gasteiger partial charge in [-0.2, -0.15) is 0 Å². The molecule has 0 spiro atoms.